The van der Waals surface area contributed by atoms with Crippen molar-refractivity contribution in [1.29, 1.82) is 0 Å². The summed E-state index contributed by atoms with van der Waals surface area (Å²) < 4.78 is 39.6. The molecule has 5 nitrogen and oxygen atoms in total. The van der Waals surface area contributed by atoms with Crippen LogP contribution in [0.3, 0.4) is 0 Å². The molecule has 0 saturated carbocycles. The Hall–Kier alpha value is -1.67. The highest BCUT2D eigenvalue weighted by Gasteiger charge is 2.27. The van der Waals surface area contributed by atoms with Gasteiger partial charge in [0.15, 0.2) is 0 Å². The maximum Gasteiger partial charge on any atom is 0.411 e. The number of nitro groups is 1. The van der Waals surface area contributed by atoms with Crippen LogP contribution in [0.15, 0.2) is 24.3 Å². The van der Waals surface area contributed by atoms with Gasteiger partial charge in [-0.15, -0.1) is 0 Å². The highest BCUT2D eigenvalue weighted by molar-refractivity contribution is 5.34. The molecule has 0 heterocycles. The van der Waals surface area contributed by atoms with Crippen LogP contribution in [-0.4, -0.2) is 30.9 Å². The fourth-order valence-corrected chi connectivity index (χ4v) is 1.34. The molecule has 1 rings (SSSR count). The predicted molar refractivity (Wildman–Crippen MR) is 61.7 cm³/mol. The van der Waals surface area contributed by atoms with Crippen LogP contribution < -0.4 is 5.32 Å². The summed E-state index contributed by atoms with van der Waals surface area (Å²) in [6, 6.07) is 6.02. The zero-order valence-corrected chi connectivity index (χ0v) is 9.94. The molecular formula is C11H13F3N2O3. The number of rotatable bonds is 7. The third-order valence-corrected chi connectivity index (χ3v) is 2.14. The number of halogens is 3. The van der Waals surface area contributed by atoms with E-state index in [4.69, 9.17) is 0 Å². The van der Waals surface area contributed by atoms with E-state index in [1.807, 2.05) is 0 Å². The van der Waals surface area contributed by atoms with Gasteiger partial charge in [-0.1, -0.05) is 12.1 Å². The van der Waals surface area contributed by atoms with Gasteiger partial charge in [-0.05, 0) is 5.56 Å². The van der Waals surface area contributed by atoms with Crippen molar-refractivity contribution in [3.05, 3.63) is 39.9 Å². The van der Waals surface area contributed by atoms with Crippen molar-refractivity contribution in [3.8, 4) is 0 Å². The number of ether oxygens (including phenoxy) is 1. The molecule has 0 aliphatic heterocycles. The molecule has 0 fully saturated rings. The molecule has 1 N–H and O–H groups in total. The molecule has 0 bridgehead atoms. The molecule has 0 aliphatic rings. The summed E-state index contributed by atoms with van der Waals surface area (Å²) in [7, 11) is 0. The molecule has 0 unspecified atom stereocenters. The van der Waals surface area contributed by atoms with Gasteiger partial charge in [-0.3, -0.25) is 10.1 Å². The van der Waals surface area contributed by atoms with E-state index >= 15 is 0 Å². The second-order valence-electron chi connectivity index (χ2n) is 3.77. The summed E-state index contributed by atoms with van der Waals surface area (Å²) in [6.07, 6.45) is -4.32. The van der Waals surface area contributed by atoms with E-state index in [2.05, 4.69) is 10.1 Å². The fourth-order valence-electron chi connectivity index (χ4n) is 1.34. The Labute approximate surface area is 107 Å². The van der Waals surface area contributed by atoms with Gasteiger partial charge < -0.3 is 10.1 Å². The lowest BCUT2D eigenvalue weighted by atomic mass is 10.2. The molecule has 8 heteroatoms. The SMILES string of the molecule is O=[N+]([O-])c1cccc(CNCCOCC(F)(F)F)c1. The van der Waals surface area contributed by atoms with E-state index in [1.165, 1.54) is 12.1 Å². The van der Waals surface area contributed by atoms with E-state index in [-0.39, 0.29) is 18.8 Å². The maximum absolute atomic E-state index is 11.7. The standard InChI is InChI=1S/C11H13F3N2O3/c12-11(13,14)8-19-5-4-15-7-9-2-1-3-10(6-9)16(17)18/h1-3,6,15H,4-5,7-8H2. The van der Waals surface area contributed by atoms with E-state index in [9.17, 15) is 23.3 Å². The number of nitrogens with zero attached hydrogens (tertiary/aromatic N) is 1. The van der Waals surface area contributed by atoms with Crippen LogP contribution >= 0.6 is 0 Å². The number of alkyl halides is 3. The quantitative estimate of drug-likeness (QED) is 0.472. The highest BCUT2D eigenvalue weighted by Crippen LogP contribution is 2.14. The van der Waals surface area contributed by atoms with Gasteiger partial charge in [0.2, 0.25) is 0 Å². The average Bonchev–Trinajstić information content (AvgIpc) is 2.32. The third kappa shape index (κ3) is 6.73. The Kier molecular flexibility index (Phi) is 5.71. The topological polar surface area (TPSA) is 64.4 Å². The normalized spacial score (nSPS) is 11.5. The first-order valence-corrected chi connectivity index (χ1v) is 5.47. The molecule has 0 saturated heterocycles. The van der Waals surface area contributed by atoms with Crippen LogP contribution in [0.4, 0.5) is 18.9 Å². The van der Waals surface area contributed by atoms with Crippen LogP contribution in [0, 0.1) is 10.1 Å². The number of hydrogen-bond acceptors (Lipinski definition) is 4. The largest absolute Gasteiger partial charge is 0.411 e. The Balaban J connectivity index is 2.23. The van der Waals surface area contributed by atoms with Crippen molar-refractivity contribution in [1.82, 2.24) is 5.32 Å². The summed E-state index contributed by atoms with van der Waals surface area (Å²) in [5.41, 5.74) is 0.664. The second kappa shape index (κ2) is 7.05. The van der Waals surface area contributed by atoms with Gasteiger partial charge in [0, 0.05) is 25.2 Å². The molecule has 0 atom stereocenters. The van der Waals surface area contributed by atoms with Crippen LogP contribution in [0.2, 0.25) is 0 Å². The number of hydrogen-bond donors (Lipinski definition) is 1. The third-order valence-electron chi connectivity index (χ3n) is 2.14. The molecule has 0 aliphatic carbocycles. The smallest absolute Gasteiger partial charge is 0.371 e. The van der Waals surface area contributed by atoms with Crippen molar-refractivity contribution in [3.63, 3.8) is 0 Å². The highest BCUT2D eigenvalue weighted by atomic mass is 19.4. The molecular weight excluding hydrogens is 265 g/mol. The van der Waals surface area contributed by atoms with Crippen molar-refractivity contribution >= 4 is 5.69 Å². The second-order valence-corrected chi connectivity index (χ2v) is 3.77. The Morgan fingerprint density at radius 3 is 2.74 bits per heavy atom. The van der Waals surface area contributed by atoms with Gasteiger partial charge in [-0.25, -0.2) is 0 Å². The molecule has 0 radical (unpaired) electrons. The van der Waals surface area contributed by atoms with Crippen LogP contribution in [0.5, 0.6) is 0 Å². The molecule has 1 aromatic carbocycles. The fraction of sp³-hybridized carbons (Fsp3) is 0.455. The molecule has 0 aromatic heterocycles. The summed E-state index contributed by atoms with van der Waals surface area (Å²) in [5, 5.41) is 13.4. The van der Waals surface area contributed by atoms with Crippen molar-refractivity contribution < 1.29 is 22.8 Å². The van der Waals surface area contributed by atoms with Gasteiger partial charge in [0.25, 0.3) is 5.69 Å². The van der Waals surface area contributed by atoms with E-state index in [1.54, 1.807) is 12.1 Å². The lowest BCUT2D eigenvalue weighted by Crippen LogP contribution is -2.23. The minimum absolute atomic E-state index is 0.0207. The molecule has 0 amide bonds. The summed E-state index contributed by atoms with van der Waals surface area (Å²) in [4.78, 5) is 10.0. The van der Waals surface area contributed by atoms with Gasteiger partial charge in [0.1, 0.15) is 6.61 Å². The van der Waals surface area contributed by atoms with Crippen molar-refractivity contribution in [2.75, 3.05) is 19.8 Å². The van der Waals surface area contributed by atoms with Crippen molar-refractivity contribution in [2.24, 2.45) is 0 Å². The summed E-state index contributed by atoms with van der Waals surface area (Å²) >= 11 is 0. The molecule has 1 aromatic rings. The first-order chi connectivity index (χ1) is 8.88. The molecule has 19 heavy (non-hydrogen) atoms. The zero-order chi connectivity index (χ0) is 14.3. The lowest BCUT2D eigenvalue weighted by molar-refractivity contribution is -0.384. The predicted octanol–water partition coefficient (Wildman–Crippen LogP) is 2.26. The first-order valence-electron chi connectivity index (χ1n) is 5.47. The molecule has 0 spiro atoms. The number of nitro benzene ring substituents is 1. The minimum Gasteiger partial charge on any atom is -0.371 e. The summed E-state index contributed by atoms with van der Waals surface area (Å²) in [5.74, 6) is 0. The number of non-ortho nitro benzene ring substituents is 1. The molecule has 106 valence electrons. The number of benzene rings is 1. The number of nitrogens with one attached hydrogen (secondary N) is 1. The Bertz CT molecular complexity index is 424. The summed E-state index contributed by atoms with van der Waals surface area (Å²) in [6.45, 7) is -0.782. The van der Waals surface area contributed by atoms with Gasteiger partial charge >= 0.3 is 6.18 Å². The van der Waals surface area contributed by atoms with Crippen molar-refractivity contribution in [2.45, 2.75) is 12.7 Å². The Morgan fingerprint density at radius 1 is 1.37 bits per heavy atom. The van der Waals surface area contributed by atoms with Crippen LogP contribution in [0.1, 0.15) is 5.56 Å². The Morgan fingerprint density at radius 2 is 2.11 bits per heavy atom. The first kappa shape index (κ1) is 15.4. The van der Waals surface area contributed by atoms with Crippen LogP contribution in [-0.2, 0) is 11.3 Å². The lowest BCUT2D eigenvalue weighted by Gasteiger charge is -2.08. The average molecular weight is 278 g/mol. The van der Waals surface area contributed by atoms with Gasteiger partial charge in [-0.2, -0.15) is 13.2 Å². The maximum atomic E-state index is 11.7. The van der Waals surface area contributed by atoms with Crippen LogP contribution in [0.25, 0.3) is 0 Å². The monoisotopic (exact) mass is 278 g/mol. The minimum atomic E-state index is -4.32. The van der Waals surface area contributed by atoms with E-state index in [0.29, 0.717) is 12.1 Å². The van der Waals surface area contributed by atoms with E-state index in [0.717, 1.165) is 0 Å². The van der Waals surface area contributed by atoms with Gasteiger partial charge in [0.05, 0.1) is 11.5 Å². The zero-order valence-electron chi connectivity index (χ0n) is 9.94. The van der Waals surface area contributed by atoms with E-state index < -0.39 is 17.7 Å².